The standard InChI is InChI=1S/C14H17N3/c1-10-13(15-9-14(2)7-8-14)17-12-6-4-3-5-11(12)16-10/h3-6H,7-9H2,1-2H3,(H,15,17). The molecule has 3 rings (SSSR count). The van der Waals surface area contributed by atoms with E-state index in [0.29, 0.717) is 5.41 Å². The van der Waals surface area contributed by atoms with Gasteiger partial charge in [-0.3, -0.25) is 0 Å². The second-order valence-corrected chi connectivity index (χ2v) is 5.31. The highest BCUT2D eigenvalue weighted by molar-refractivity contribution is 5.76. The fraction of sp³-hybridized carbons (Fsp3) is 0.429. The average Bonchev–Trinajstić information content (AvgIpc) is 3.05. The van der Waals surface area contributed by atoms with Gasteiger partial charge in [0.25, 0.3) is 0 Å². The van der Waals surface area contributed by atoms with Gasteiger partial charge >= 0.3 is 0 Å². The molecule has 0 bridgehead atoms. The van der Waals surface area contributed by atoms with Crippen molar-refractivity contribution in [3.63, 3.8) is 0 Å². The van der Waals surface area contributed by atoms with Crippen LogP contribution in [0.4, 0.5) is 5.82 Å². The van der Waals surface area contributed by atoms with Crippen LogP contribution < -0.4 is 5.32 Å². The number of anilines is 1. The molecule has 1 aliphatic rings. The van der Waals surface area contributed by atoms with E-state index in [1.54, 1.807) is 0 Å². The van der Waals surface area contributed by atoms with Crippen molar-refractivity contribution in [2.24, 2.45) is 5.41 Å². The molecule has 88 valence electrons. The first-order valence-corrected chi connectivity index (χ1v) is 6.14. The summed E-state index contributed by atoms with van der Waals surface area (Å²) < 4.78 is 0. The molecule has 0 saturated heterocycles. The Balaban J connectivity index is 1.90. The summed E-state index contributed by atoms with van der Waals surface area (Å²) in [6, 6.07) is 8.00. The van der Waals surface area contributed by atoms with Gasteiger partial charge in [-0.15, -0.1) is 0 Å². The van der Waals surface area contributed by atoms with Gasteiger partial charge in [0.1, 0.15) is 5.82 Å². The smallest absolute Gasteiger partial charge is 0.148 e. The van der Waals surface area contributed by atoms with E-state index in [9.17, 15) is 0 Å². The van der Waals surface area contributed by atoms with Gasteiger partial charge in [-0.25, -0.2) is 9.97 Å². The summed E-state index contributed by atoms with van der Waals surface area (Å²) in [5.74, 6) is 0.928. The van der Waals surface area contributed by atoms with Crippen molar-refractivity contribution in [2.75, 3.05) is 11.9 Å². The summed E-state index contributed by atoms with van der Waals surface area (Å²) in [5, 5.41) is 3.43. The first kappa shape index (κ1) is 10.5. The number of aryl methyl sites for hydroxylation is 1. The molecule has 1 saturated carbocycles. The quantitative estimate of drug-likeness (QED) is 0.875. The van der Waals surface area contributed by atoms with Gasteiger partial charge < -0.3 is 5.32 Å². The molecule has 1 aromatic carbocycles. The molecule has 3 heteroatoms. The number of rotatable bonds is 3. The SMILES string of the molecule is Cc1nc2ccccc2nc1NCC1(C)CC1. The van der Waals surface area contributed by atoms with Gasteiger partial charge in [0, 0.05) is 6.54 Å². The van der Waals surface area contributed by atoms with Gasteiger partial charge in [-0.2, -0.15) is 0 Å². The second-order valence-electron chi connectivity index (χ2n) is 5.31. The highest BCUT2D eigenvalue weighted by Crippen LogP contribution is 2.44. The van der Waals surface area contributed by atoms with Gasteiger partial charge in [-0.05, 0) is 37.3 Å². The van der Waals surface area contributed by atoms with Gasteiger partial charge in [0.05, 0.1) is 16.7 Å². The monoisotopic (exact) mass is 227 g/mol. The molecule has 1 N–H and O–H groups in total. The zero-order chi connectivity index (χ0) is 11.9. The lowest BCUT2D eigenvalue weighted by Crippen LogP contribution is -2.14. The minimum absolute atomic E-state index is 0.486. The second kappa shape index (κ2) is 3.69. The molecule has 1 fully saturated rings. The number of hydrogen-bond acceptors (Lipinski definition) is 3. The number of nitrogens with zero attached hydrogens (tertiary/aromatic N) is 2. The highest BCUT2D eigenvalue weighted by Gasteiger charge is 2.36. The molecule has 0 radical (unpaired) electrons. The van der Waals surface area contributed by atoms with E-state index >= 15 is 0 Å². The number of aromatic nitrogens is 2. The molecule has 0 amide bonds. The normalized spacial score (nSPS) is 17.1. The number of benzene rings is 1. The van der Waals surface area contributed by atoms with Crippen molar-refractivity contribution in [3.05, 3.63) is 30.0 Å². The summed E-state index contributed by atoms with van der Waals surface area (Å²) in [6.07, 6.45) is 2.64. The summed E-state index contributed by atoms with van der Waals surface area (Å²) >= 11 is 0. The maximum absolute atomic E-state index is 4.63. The number of hydrogen-bond donors (Lipinski definition) is 1. The van der Waals surface area contributed by atoms with Gasteiger partial charge in [-0.1, -0.05) is 19.1 Å². The van der Waals surface area contributed by atoms with Crippen LogP contribution in [0.3, 0.4) is 0 Å². The molecule has 0 atom stereocenters. The van der Waals surface area contributed by atoms with Crippen molar-refractivity contribution in [3.8, 4) is 0 Å². The number of fused-ring (bicyclic) bond motifs is 1. The Kier molecular flexibility index (Phi) is 2.28. The van der Waals surface area contributed by atoms with E-state index in [0.717, 1.165) is 29.1 Å². The van der Waals surface area contributed by atoms with Crippen LogP contribution in [0.2, 0.25) is 0 Å². The fourth-order valence-corrected chi connectivity index (χ4v) is 1.94. The van der Waals surface area contributed by atoms with E-state index in [-0.39, 0.29) is 0 Å². The summed E-state index contributed by atoms with van der Waals surface area (Å²) in [7, 11) is 0. The molecule has 17 heavy (non-hydrogen) atoms. The lowest BCUT2D eigenvalue weighted by atomic mass is 10.1. The molecule has 3 nitrogen and oxygen atoms in total. The summed E-state index contributed by atoms with van der Waals surface area (Å²) in [6.45, 7) is 5.32. The van der Waals surface area contributed by atoms with Crippen molar-refractivity contribution in [1.82, 2.24) is 9.97 Å². The van der Waals surface area contributed by atoms with Gasteiger partial charge in [0.2, 0.25) is 0 Å². The van der Waals surface area contributed by atoms with Crippen LogP contribution in [-0.2, 0) is 0 Å². The van der Waals surface area contributed by atoms with E-state index in [4.69, 9.17) is 0 Å². The van der Waals surface area contributed by atoms with Crippen LogP contribution in [-0.4, -0.2) is 16.5 Å². The van der Waals surface area contributed by atoms with Crippen molar-refractivity contribution in [2.45, 2.75) is 26.7 Å². The first-order valence-electron chi connectivity index (χ1n) is 6.14. The van der Waals surface area contributed by atoms with Crippen LogP contribution in [0.15, 0.2) is 24.3 Å². The third-order valence-corrected chi connectivity index (χ3v) is 3.53. The molecule has 0 unspecified atom stereocenters. The number of nitrogens with one attached hydrogen (secondary N) is 1. The van der Waals surface area contributed by atoms with Crippen LogP contribution in [0.5, 0.6) is 0 Å². The minimum Gasteiger partial charge on any atom is -0.368 e. The minimum atomic E-state index is 0.486. The Morgan fingerprint density at radius 2 is 1.82 bits per heavy atom. The fourth-order valence-electron chi connectivity index (χ4n) is 1.94. The van der Waals surface area contributed by atoms with Crippen molar-refractivity contribution in [1.29, 1.82) is 0 Å². The third-order valence-electron chi connectivity index (χ3n) is 3.53. The van der Waals surface area contributed by atoms with E-state index in [1.807, 2.05) is 31.2 Å². The van der Waals surface area contributed by atoms with Crippen molar-refractivity contribution < 1.29 is 0 Å². The van der Waals surface area contributed by atoms with Crippen LogP contribution in [0.1, 0.15) is 25.5 Å². The molecule has 1 heterocycles. The largest absolute Gasteiger partial charge is 0.368 e. The maximum Gasteiger partial charge on any atom is 0.148 e. The molecular weight excluding hydrogens is 210 g/mol. The predicted octanol–water partition coefficient (Wildman–Crippen LogP) is 3.15. The zero-order valence-electron chi connectivity index (χ0n) is 10.3. The Labute approximate surface area is 101 Å². The summed E-state index contributed by atoms with van der Waals surface area (Å²) in [5.41, 5.74) is 3.39. The molecule has 0 aliphatic heterocycles. The Morgan fingerprint density at radius 3 is 2.47 bits per heavy atom. The highest BCUT2D eigenvalue weighted by atomic mass is 15.0. The van der Waals surface area contributed by atoms with Crippen molar-refractivity contribution >= 4 is 16.9 Å². The number of para-hydroxylation sites is 2. The Bertz CT molecular complexity index is 558. The average molecular weight is 227 g/mol. The molecular formula is C14H17N3. The topological polar surface area (TPSA) is 37.8 Å². The lowest BCUT2D eigenvalue weighted by molar-refractivity contribution is 0.609. The molecule has 0 spiro atoms. The van der Waals surface area contributed by atoms with Crippen LogP contribution in [0.25, 0.3) is 11.0 Å². The Morgan fingerprint density at radius 1 is 1.18 bits per heavy atom. The van der Waals surface area contributed by atoms with Crippen LogP contribution >= 0.6 is 0 Å². The molecule has 2 aromatic rings. The van der Waals surface area contributed by atoms with E-state index in [1.165, 1.54) is 12.8 Å². The van der Waals surface area contributed by atoms with E-state index < -0.39 is 0 Å². The van der Waals surface area contributed by atoms with E-state index in [2.05, 4.69) is 22.2 Å². The van der Waals surface area contributed by atoms with Crippen LogP contribution in [0, 0.1) is 12.3 Å². The molecule has 1 aliphatic carbocycles. The Hall–Kier alpha value is -1.64. The third kappa shape index (κ3) is 2.09. The maximum atomic E-state index is 4.63. The first-order chi connectivity index (χ1) is 8.16. The predicted molar refractivity (Wildman–Crippen MR) is 70.1 cm³/mol. The van der Waals surface area contributed by atoms with Gasteiger partial charge in [0.15, 0.2) is 0 Å². The lowest BCUT2D eigenvalue weighted by Gasteiger charge is -2.12. The molecule has 1 aromatic heterocycles. The summed E-state index contributed by atoms with van der Waals surface area (Å²) in [4.78, 5) is 9.20. The zero-order valence-corrected chi connectivity index (χ0v) is 10.3.